The van der Waals surface area contributed by atoms with Crippen LogP contribution in [0, 0.1) is 0 Å². The topological polar surface area (TPSA) is 75.2 Å². The number of aromatic nitrogens is 2. The summed E-state index contributed by atoms with van der Waals surface area (Å²) in [5.74, 6) is -1.31. The SMILES string of the molecule is O=C(NCCN(CC(F)(F)F)C(=O)c1nccs1)c1nccs1. The fourth-order valence-electron chi connectivity index (χ4n) is 1.65. The molecule has 0 atom stereocenters. The molecule has 0 aromatic carbocycles. The lowest BCUT2D eigenvalue weighted by Gasteiger charge is -2.23. The lowest BCUT2D eigenvalue weighted by Crippen LogP contribution is -2.43. The van der Waals surface area contributed by atoms with Crippen molar-refractivity contribution in [1.82, 2.24) is 20.2 Å². The average Bonchev–Trinajstić information content (AvgIpc) is 3.16. The van der Waals surface area contributed by atoms with E-state index in [0.717, 1.165) is 22.7 Å². The summed E-state index contributed by atoms with van der Waals surface area (Å²) in [5, 5.41) is 5.72. The van der Waals surface area contributed by atoms with Gasteiger partial charge in [-0.15, -0.1) is 22.7 Å². The maximum atomic E-state index is 12.6. The molecule has 0 radical (unpaired) electrons. The van der Waals surface area contributed by atoms with Crippen LogP contribution in [0.1, 0.15) is 19.6 Å². The summed E-state index contributed by atoms with van der Waals surface area (Å²) in [5.41, 5.74) is 0. The number of thiazole rings is 2. The molecule has 0 unspecified atom stereocenters. The van der Waals surface area contributed by atoms with Crippen molar-refractivity contribution in [3.63, 3.8) is 0 Å². The summed E-state index contributed by atoms with van der Waals surface area (Å²) in [7, 11) is 0. The van der Waals surface area contributed by atoms with Gasteiger partial charge in [-0.05, 0) is 0 Å². The minimum absolute atomic E-state index is 0.0273. The van der Waals surface area contributed by atoms with Gasteiger partial charge in [-0.1, -0.05) is 0 Å². The molecule has 2 amide bonds. The lowest BCUT2D eigenvalue weighted by atomic mass is 10.4. The second-order valence-electron chi connectivity index (χ2n) is 4.27. The summed E-state index contributed by atoms with van der Waals surface area (Å²) < 4.78 is 37.8. The van der Waals surface area contributed by atoms with E-state index in [0.29, 0.717) is 4.90 Å². The Bertz CT molecular complexity index is 644. The maximum absolute atomic E-state index is 12.6. The number of rotatable bonds is 6. The molecule has 11 heteroatoms. The molecule has 0 saturated heterocycles. The quantitative estimate of drug-likeness (QED) is 0.851. The van der Waals surface area contributed by atoms with E-state index in [9.17, 15) is 22.8 Å². The number of hydrogen-bond donors (Lipinski definition) is 1. The predicted molar refractivity (Wildman–Crippen MR) is 78.5 cm³/mol. The third kappa shape index (κ3) is 5.28. The highest BCUT2D eigenvalue weighted by molar-refractivity contribution is 7.11. The molecule has 2 aromatic rings. The molecule has 0 aliphatic rings. The van der Waals surface area contributed by atoms with Gasteiger partial charge in [0.15, 0.2) is 10.0 Å². The minimum Gasteiger partial charge on any atom is -0.348 e. The Morgan fingerprint density at radius 2 is 1.74 bits per heavy atom. The molecule has 6 nitrogen and oxygen atoms in total. The first-order chi connectivity index (χ1) is 10.9. The molecule has 1 N–H and O–H groups in total. The van der Waals surface area contributed by atoms with Crippen LogP contribution in [0.4, 0.5) is 13.2 Å². The number of carbonyl (C=O) groups excluding carboxylic acids is 2. The van der Waals surface area contributed by atoms with Crippen molar-refractivity contribution in [2.45, 2.75) is 6.18 Å². The van der Waals surface area contributed by atoms with E-state index < -0.39 is 24.5 Å². The Kier molecular flexibility index (Phi) is 5.66. The zero-order chi connectivity index (χ0) is 16.9. The molecular weight excluding hydrogens is 353 g/mol. The van der Waals surface area contributed by atoms with E-state index in [2.05, 4.69) is 15.3 Å². The van der Waals surface area contributed by atoms with Gasteiger partial charge in [0, 0.05) is 36.2 Å². The van der Waals surface area contributed by atoms with Gasteiger partial charge in [-0.2, -0.15) is 13.2 Å². The number of halogens is 3. The predicted octanol–water partition coefficient (Wildman–Crippen LogP) is 2.03. The van der Waals surface area contributed by atoms with Gasteiger partial charge < -0.3 is 10.2 Å². The third-order valence-electron chi connectivity index (χ3n) is 2.57. The zero-order valence-corrected chi connectivity index (χ0v) is 13.2. The fraction of sp³-hybridized carbons (Fsp3) is 0.333. The Morgan fingerprint density at radius 1 is 1.13 bits per heavy atom. The van der Waals surface area contributed by atoms with Gasteiger partial charge in [0.05, 0.1) is 0 Å². The number of hydrogen-bond acceptors (Lipinski definition) is 6. The second-order valence-corrected chi connectivity index (χ2v) is 6.06. The van der Waals surface area contributed by atoms with Crippen molar-refractivity contribution in [3.05, 3.63) is 33.2 Å². The van der Waals surface area contributed by atoms with Crippen molar-refractivity contribution < 1.29 is 22.8 Å². The lowest BCUT2D eigenvalue weighted by molar-refractivity contribution is -0.140. The molecule has 0 spiro atoms. The van der Waals surface area contributed by atoms with Gasteiger partial charge in [0.25, 0.3) is 11.8 Å². The smallest absolute Gasteiger partial charge is 0.348 e. The van der Waals surface area contributed by atoms with Crippen LogP contribution in [0.25, 0.3) is 0 Å². The van der Waals surface area contributed by atoms with Crippen LogP contribution in [0.3, 0.4) is 0 Å². The summed E-state index contributed by atoms with van der Waals surface area (Å²) in [6.07, 6.45) is -1.75. The Hall–Kier alpha value is -2.01. The molecule has 124 valence electrons. The van der Waals surface area contributed by atoms with E-state index in [1.165, 1.54) is 17.8 Å². The van der Waals surface area contributed by atoms with Crippen molar-refractivity contribution in [1.29, 1.82) is 0 Å². The van der Waals surface area contributed by atoms with Gasteiger partial charge >= 0.3 is 6.18 Å². The molecule has 23 heavy (non-hydrogen) atoms. The highest BCUT2D eigenvalue weighted by Crippen LogP contribution is 2.18. The molecule has 0 fully saturated rings. The first-order valence-corrected chi connectivity index (χ1v) is 8.06. The number of nitrogens with one attached hydrogen (secondary N) is 1. The van der Waals surface area contributed by atoms with Crippen LogP contribution in [-0.2, 0) is 0 Å². The third-order valence-corrected chi connectivity index (χ3v) is 4.10. The minimum atomic E-state index is -4.54. The second kappa shape index (κ2) is 7.51. The van der Waals surface area contributed by atoms with Crippen molar-refractivity contribution in [2.75, 3.05) is 19.6 Å². The van der Waals surface area contributed by atoms with Crippen molar-refractivity contribution in [3.8, 4) is 0 Å². The normalized spacial score (nSPS) is 11.3. The Labute approximate surface area is 137 Å². The molecule has 0 saturated carbocycles. The van der Waals surface area contributed by atoms with Gasteiger partial charge in [-0.25, -0.2) is 9.97 Å². The van der Waals surface area contributed by atoms with Crippen LogP contribution in [0.2, 0.25) is 0 Å². The van der Waals surface area contributed by atoms with Crippen molar-refractivity contribution >= 4 is 34.5 Å². The van der Waals surface area contributed by atoms with Crippen LogP contribution < -0.4 is 5.32 Å². The fourth-order valence-corrected chi connectivity index (χ4v) is 2.80. The largest absolute Gasteiger partial charge is 0.406 e. The number of nitrogens with zero attached hydrogens (tertiary/aromatic N) is 3. The Balaban J connectivity index is 1.95. The molecular formula is C12H11F3N4O2S2. The van der Waals surface area contributed by atoms with Crippen LogP contribution in [-0.4, -0.2) is 52.5 Å². The molecule has 0 bridgehead atoms. The number of carbonyl (C=O) groups is 2. The first kappa shape index (κ1) is 17.3. The number of alkyl halides is 3. The van der Waals surface area contributed by atoms with Gasteiger partial charge in [0.1, 0.15) is 6.54 Å². The molecule has 0 aliphatic carbocycles. The highest BCUT2D eigenvalue weighted by Gasteiger charge is 2.33. The van der Waals surface area contributed by atoms with Crippen LogP contribution >= 0.6 is 22.7 Å². The van der Waals surface area contributed by atoms with Crippen molar-refractivity contribution in [2.24, 2.45) is 0 Å². The average molecular weight is 364 g/mol. The van der Waals surface area contributed by atoms with E-state index in [1.807, 2.05) is 0 Å². The maximum Gasteiger partial charge on any atom is 0.406 e. The summed E-state index contributed by atoms with van der Waals surface area (Å²) in [6.45, 7) is -1.81. The van der Waals surface area contributed by atoms with Gasteiger partial charge in [-0.3, -0.25) is 9.59 Å². The molecule has 0 aliphatic heterocycles. The van der Waals surface area contributed by atoms with E-state index in [1.54, 1.807) is 5.38 Å². The molecule has 2 rings (SSSR count). The summed E-state index contributed by atoms with van der Waals surface area (Å²) in [4.78, 5) is 31.8. The monoisotopic (exact) mass is 364 g/mol. The van der Waals surface area contributed by atoms with E-state index in [4.69, 9.17) is 0 Å². The van der Waals surface area contributed by atoms with E-state index in [-0.39, 0.29) is 23.1 Å². The summed E-state index contributed by atoms with van der Waals surface area (Å²) >= 11 is 2.07. The highest BCUT2D eigenvalue weighted by atomic mass is 32.1. The Morgan fingerprint density at radius 3 is 2.26 bits per heavy atom. The van der Waals surface area contributed by atoms with Gasteiger partial charge in [0.2, 0.25) is 0 Å². The van der Waals surface area contributed by atoms with Crippen LogP contribution in [0.5, 0.6) is 0 Å². The first-order valence-electron chi connectivity index (χ1n) is 6.30. The molecule has 2 aromatic heterocycles. The number of amides is 2. The zero-order valence-electron chi connectivity index (χ0n) is 11.5. The molecule has 2 heterocycles. The standard InChI is InChI=1S/C12H11F3N4O2S2/c13-12(14,15)7-19(11(21)10-18-3-6-23-10)4-1-16-8(20)9-17-2-5-22-9/h2-3,5-6H,1,4,7H2,(H,16,20). The van der Waals surface area contributed by atoms with E-state index >= 15 is 0 Å². The summed E-state index contributed by atoms with van der Waals surface area (Å²) in [6, 6.07) is 0. The van der Waals surface area contributed by atoms with Crippen LogP contribution in [0.15, 0.2) is 23.2 Å².